The van der Waals surface area contributed by atoms with Crippen molar-refractivity contribution in [3.8, 4) is 0 Å². The van der Waals surface area contributed by atoms with E-state index in [1.807, 2.05) is 0 Å². The van der Waals surface area contributed by atoms with E-state index in [0.29, 0.717) is 23.8 Å². The Hall–Kier alpha value is -1.44. The van der Waals surface area contributed by atoms with Gasteiger partial charge in [-0.15, -0.1) is 0 Å². The van der Waals surface area contributed by atoms with Crippen LogP contribution in [0.5, 0.6) is 0 Å². The van der Waals surface area contributed by atoms with Crippen LogP contribution in [0.3, 0.4) is 0 Å². The third-order valence-corrected chi connectivity index (χ3v) is 13.4. The van der Waals surface area contributed by atoms with E-state index in [-0.39, 0.29) is 0 Å². The van der Waals surface area contributed by atoms with Gasteiger partial charge in [-0.1, -0.05) is 44.7 Å². The number of fused-ring (bicyclic) bond motifs is 5. The number of aromatic nitrogens is 2. The number of imidazole rings is 1. The van der Waals surface area contributed by atoms with Crippen LogP contribution in [0.25, 0.3) is 11.0 Å². The van der Waals surface area contributed by atoms with Crippen molar-refractivity contribution in [1.29, 1.82) is 0 Å². The Morgan fingerprint density at radius 2 is 1.65 bits per heavy atom. The van der Waals surface area contributed by atoms with Crippen LogP contribution in [0.4, 0.5) is 0 Å². The van der Waals surface area contributed by atoms with Gasteiger partial charge in [0.15, 0.2) is 0 Å². The second-order valence-electron chi connectivity index (χ2n) is 15.6. The summed E-state index contributed by atoms with van der Waals surface area (Å²) in [5, 5.41) is 0. The van der Waals surface area contributed by atoms with Gasteiger partial charge in [-0.3, -0.25) is 4.90 Å². The van der Waals surface area contributed by atoms with Crippen molar-refractivity contribution in [3.05, 3.63) is 30.1 Å². The normalized spacial score (nSPS) is 36.0. The molecule has 0 spiro atoms. The first-order valence-corrected chi connectivity index (χ1v) is 20.0. The molecule has 3 saturated heterocycles. The van der Waals surface area contributed by atoms with Gasteiger partial charge in [0.1, 0.15) is 15.7 Å². The molecule has 1 aromatic carbocycles. The molecule has 7 rings (SSSR count). The minimum atomic E-state index is -2.89. The van der Waals surface area contributed by atoms with Gasteiger partial charge in [0.2, 0.25) is 0 Å². The fourth-order valence-electron chi connectivity index (χ4n) is 10.5. The fourth-order valence-corrected chi connectivity index (χ4v) is 11.2. The van der Waals surface area contributed by atoms with E-state index < -0.39 is 9.84 Å². The van der Waals surface area contributed by atoms with Gasteiger partial charge in [-0.25, -0.2) is 13.4 Å². The van der Waals surface area contributed by atoms with Crippen molar-refractivity contribution in [3.63, 3.8) is 0 Å². The lowest BCUT2D eigenvalue weighted by atomic mass is 9.71. The number of benzene rings is 1. The second-order valence-corrected chi connectivity index (χ2v) is 17.9. The molecule has 5 fully saturated rings. The summed E-state index contributed by atoms with van der Waals surface area (Å²) < 4.78 is 26.1. The highest BCUT2D eigenvalue weighted by molar-refractivity contribution is 7.90. The second kappa shape index (κ2) is 12.7. The van der Waals surface area contributed by atoms with Crippen LogP contribution in [0.15, 0.2) is 24.3 Å². The summed E-state index contributed by atoms with van der Waals surface area (Å²) in [6, 6.07) is 11.7. The van der Waals surface area contributed by atoms with Gasteiger partial charge in [-0.05, 0) is 113 Å². The largest absolute Gasteiger partial charge is 0.325 e. The number of likely N-dealkylation sites (tertiary alicyclic amines) is 1. The van der Waals surface area contributed by atoms with Crippen molar-refractivity contribution in [2.75, 3.05) is 31.6 Å². The molecule has 4 heterocycles. The first kappa shape index (κ1) is 30.2. The van der Waals surface area contributed by atoms with Gasteiger partial charge in [0, 0.05) is 43.4 Å². The Morgan fingerprint density at radius 3 is 2.44 bits per heavy atom. The topological polar surface area (TPSA) is 58.4 Å². The molecule has 0 N–H and O–H groups in total. The predicted molar refractivity (Wildman–Crippen MR) is 176 cm³/mol. The molecule has 7 heteroatoms. The van der Waals surface area contributed by atoms with Gasteiger partial charge < -0.3 is 9.47 Å². The number of para-hydroxylation sites is 2. The lowest BCUT2D eigenvalue weighted by molar-refractivity contribution is -0.0642. The minimum Gasteiger partial charge on any atom is -0.325 e. The van der Waals surface area contributed by atoms with Crippen LogP contribution >= 0.6 is 0 Å². The van der Waals surface area contributed by atoms with Crippen molar-refractivity contribution in [2.24, 2.45) is 23.7 Å². The van der Waals surface area contributed by atoms with Crippen molar-refractivity contribution in [1.82, 2.24) is 19.4 Å². The third-order valence-electron chi connectivity index (χ3n) is 12.3. The SMILES string of the molecule is C[C@@H]1CC[C@H]2C[C@@H](n3c(C[C@@H]4CCCN(CCCS(C)(=O)=O)C4)nc4ccccc43)C[C@@H]1N2C1C[C@H]2CCCC[C@@H](C1)C2. The maximum absolute atomic E-state index is 11.7. The van der Waals surface area contributed by atoms with Gasteiger partial charge in [0.25, 0.3) is 0 Å². The summed E-state index contributed by atoms with van der Waals surface area (Å²) in [5.74, 6) is 4.92. The summed E-state index contributed by atoms with van der Waals surface area (Å²) in [6.45, 7) is 5.61. The number of nitrogens with zero attached hydrogens (tertiary/aromatic N) is 4. The molecule has 5 aliphatic rings. The number of rotatable bonds is 8. The van der Waals surface area contributed by atoms with Crippen LogP contribution in [0.1, 0.15) is 109 Å². The molecule has 238 valence electrons. The molecule has 2 aromatic rings. The summed E-state index contributed by atoms with van der Waals surface area (Å²) >= 11 is 0. The first-order chi connectivity index (χ1) is 20.8. The highest BCUT2D eigenvalue weighted by Crippen LogP contribution is 2.49. The average Bonchev–Trinajstić information content (AvgIpc) is 3.24. The zero-order valence-electron chi connectivity index (χ0n) is 26.9. The summed E-state index contributed by atoms with van der Waals surface area (Å²) in [4.78, 5) is 11.0. The number of hydrogen-bond donors (Lipinski definition) is 0. The smallest absolute Gasteiger partial charge is 0.147 e. The quantitative estimate of drug-likeness (QED) is 0.327. The molecule has 0 radical (unpaired) electrons. The Kier molecular flexibility index (Phi) is 8.96. The zero-order chi connectivity index (χ0) is 29.6. The van der Waals surface area contributed by atoms with Crippen LogP contribution in [-0.2, 0) is 16.3 Å². The molecule has 6 nitrogen and oxygen atoms in total. The van der Waals surface area contributed by atoms with Crippen LogP contribution < -0.4 is 0 Å². The molecule has 0 amide bonds. The standard InChI is InChI=1S/C36H56N4O2S/c1-26-14-15-30-23-32(24-35(26)39(30)31-20-27-9-3-4-10-28(19-27)21-31)40-34-13-6-5-12-33(34)37-36(40)22-29-11-7-16-38(25-29)17-8-18-43(2,41)42/h5-6,12-13,26-32,35H,3-4,7-11,14-25H2,1-2H3/t26-,27-,28+,29+,30+,31?,32-,35+/m1/s1. The molecule has 2 saturated carbocycles. The molecule has 2 aliphatic carbocycles. The first-order valence-electron chi connectivity index (χ1n) is 17.9. The summed E-state index contributed by atoms with van der Waals surface area (Å²) in [7, 11) is -2.89. The lowest BCUT2D eigenvalue weighted by Gasteiger charge is -2.56. The maximum Gasteiger partial charge on any atom is 0.147 e. The molecule has 1 aromatic heterocycles. The van der Waals surface area contributed by atoms with E-state index in [4.69, 9.17) is 4.98 Å². The van der Waals surface area contributed by atoms with E-state index in [1.54, 1.807) is 0 Å². The van der Waals surface area contributed by atoms with E-state index in [9.17, 15) is 8.42 Å². The Labute approximate surface area is 260 Å². The molecule has 3 aliphatic heterocycles. The van der Waals surface area contributed by atoms with E-state index in [1.165, 1.54) is 101 Å². The van der Waals surface area contributed by atoms with Crippen molar-refractivity contribution >= 4 is 20.9 Å². The highest BCUT2D eigenvalue weighted by Gasteiger charge is 2.47. The van der Waals surface area contributed by atoms with Gasteiger partial charge >= 0.3 is 0 Å². The Balaban J connectivity index is 1.10. The maximum atomic E-state index is 11.7. The molecule has 43 heavy (non-hydrogen) atoms. The number of sulfone groups is 1. The summed E-state index contributed by atoms with van der Waals surface area (Å²) in [5.41, 5.74) is 2.50. The number of hydrogen-bond acceptors (Lipinski definition) is 5. The average molecular weight is 609 g/mol. The van der Waals surface area contributed by atoms with Crippen LogP contribution in [-0.4, -0.2) is 77.5 Å². The Morgan fingerprint density at radius 1 is 0.860 bits per heavy atom. The molecular weight excluding hydrogens is 552 g/mol. The van der Waals surface area contributed by atoms with Gasteiger partial charge in [-0.2, -0.15) is 0 Å². The third kappa shape index (κ3) is 6.74. The van der Waals surface area contributed by atoms with Crippen LogP contribution in [0.2, 0.25) is 0 Å². The van der Waals surface area contributed by atoms with Crippen LogP contribution in [0, 0.1) is 23.7 Å². The van der Waals surface area contributed by atoms with E-state index in [0.717, 1.165) is 67.8 Å². The van der Waals surface area contributed by atoms with Gasteiger partial charge in [0.05, 0.1) is 16.8 Å². The molecular formula is C36H56N4O2S. The van der Waals surface area contributed by atoms with Crippen molar-refractivity contribution in [2.45, 2.75) is 127 Å². The molecule has 8 atom stereocenters. The fraction of sp³-hybridized carbons (Fsp3) is 0.806. The monoisotopic (exact) mass is 608 g/mol. The minimum absolute atomic E-state index is 0.297. The lowest BCUT2D eigenvalue weighted by Crippen LogP contribution is -2.60. The highest BCUT2D eigenvalue weighted by atomic mass is 32.2. The zero-order valence-corrected chi connectivity index (χ0v) is 27.7. The van der Waals surface area contributed by atoms with Crippen molar-refractivity contribution < 1.29 is 8.42 Å². The number of piperidine rings is 3. The molecule has 4 bridgehead atoms. The van der Waals surface area contributed by atoms with E-state index in [2.05, 4.69) is 45.6 Å². The van der Waals surface area contributed by atoms with E-state index >= 15 is 0 Å². The summed E-state index contributed by atoms with van der Waals surface area (Å²) in [6.07, 6.45) is 21.2. The predicted octanol–water partition coefficient (Wildman–Crippen LogP) is 6.89. The Bertz CT molecular complexity index is 1340. The molecule has 1 unspecified atom stereocenters.